The number of benzene rings is 1. The van der Waals surface area contributed by atoms with Gasteiger partial charge in [-0.3, -0.25) is 4.79 Å². The summed E-state index contributed by atoms with van der Waals surface area (Å²) in [7, 11) is 1.59. The van der Waals surface area contributed by atoms with Crippen LogP contribution in [0.4, 0.5) is 5.00 Å². The quantitative estimate of drug-likeness (QED) is 0.599. The van der Waals surface area contributed by atoms with Crippen molar-refractivity contribution in [3.8, 4) is 17.2 Å². The third-order valence-electron chi connectivity index (χ3n) is 4.29. The Morgan fingerprint density at radius 1 is 1.17 bits per heavy atom. The van der Waals surface area contributed by atoms with Crippen molar-refractivity contribution >= 4 is 28.2 Å². The Balaban J connectivity index is 1.77. The summed E-state index contributed by atoms with van der Waals surface area (Å²) in [6, 6.07) is 7.16. The van der Waals surface area contributed by atoms with E-state index in [0.29, 0.717) is 22.2 Å². The molecule has 1 N–H and O–H groups in total. The third-order valence-corrected chi connectivity index (χ3v) is 5.41. The van der Waals surface area contributed by atoms with Gasteiger partial charge in [0.25, 0.3) is 5.89 Å². The number of ether oxygens (including phenoxy) is 2. The summed E-state index contributed by atoms with van der Waals surface area (Å²) >= 11 is 1.33. The first-order valence-corrected chi connectivity index (χ1v) is 9.68. The average Bonchev–Trinajstić information content (AvgIpc) is 3.27. The van der Waals surface area contributed by atoms with Crippen LogP contribution in [0, 0.1) is 13.8 Å². The highest BCUT2D eigenvalue weighted by Crippen LogP contribution is 2.34. The highest BCUT2D eigenvalue weighted by molar-refractivity contribution is 7.16. The highest BCUT2D eigenvalue weighted by Gasteiger charge is 2.25. The Labute approximate surface area is 171 Å². The van der Waals surface area contributed by atoms with Crippen molar-refractivity contribution in [3.63, 3.8) is 0 Å². The zero-order valence-electron chi connectivity index (χ0n) is 16.7. The molecule has 0 aliphatic carbocycles. The first-order chi connectivity index (χ1) is 13.8. The van der Waals surface area contributed by atoms with Crippen LogP contribution in [-0.2, 0) is 9.53 Å². The molecule has 0 unspecified atom stereocenters. The van der Waals surface area contributed by atoms with E-state index >= 15 is 0 Å². The molecule has 0 aliphatic heterocycles. The van der Waals surface area contributed by atoms with Gasteiger partial charge in [0.15, 0.2) is 6.10 Å². The lowest BCUT2D eigenvalue weighted by molar-refractivity contribution is -0.114. The van der Waals surface area contributed by atoms with Crippen molar-refractivity contribution < 1.29 is 23.5 Å². The van der Waals surface area contributed by atoms with Crippen molar-refractivity contribution in [2.45, 2.75) is 33.8 Å². The van der Waals surface area contributed by atoms with E-state index in [0.717, 1.165) is 16.0 Å². The zero-order valence-corrected chi connectivity index (χ0v) is 17.5. The fourth-order valence-corrected chi connectivity index (χ4v) is 3.73. The summed E-state index contributed by atoms with van der Waals surface area (Å²) in [5.74, 6) is 0.385. The van der Waals surface area contributed by atoms with Crippen molar-refractivity contribution in [3.05, 3.63) is 46.2 Å². The van der Waals surface area contributed by atoms with Gasteiger partial charge in [-0.05, 0) is 50.6 Å². The Bertz CT molecular complexity index is 1040. The van der Waals surface area contributed by atoms with Gasteiger partial charge >= 0.3 is 5.97 Å². The molecule has 0 fully saturated rings. The van der Waals surface area contributed by atoms with E-state index in [4.69, 9.17) is 13.9 Å². The van der Waals surface area contributed by atoms with E-state index in [1.54, 1.807) is 38.3 Å². The molecule has 0 saturated heterocycles. The molecule has 0 aliphatic rings. The summed E-state index contributed by atoms with van der Waals surface area (Å²) in [5, 5.41) is 11.2. The lowest BCUT2D eigenvalue weighted by Crippen LogP contribution is -2.14. The number of nitrogens with zero attached hydrogens (tertiary/aromatic N) is 2. The van der Waals surface area contributed by atoms with E-state index in [1.807, 2.05) is 13.8 Å². The van der Waals surface area contributed by atoms with E-state index in [2.05, 4.69) is 15.5 Å². The minimum absolute atomic E-state index is 0.176. The number of carbonyl (C=O) groups excluding carboxylic acids is 2. The van der Waals surface area contributed by atoms with Crippen molar-refractivity contribution in [1.29, 1.82) is 0 Å². The van der Waals surface area contributed by atoms with Crippen LogP contribution in [-0.4, -0.2) is 29.2 Å². The molecule has 0 saturated carbocycles. The summed E-state index contributed by atoms with van der Waals surface area (Å²) in [5.41, 5.74) is 1.82. The van der Waals surface area contributed by atoms with Crippen LogP contribution >= 0.6 is 11.3 Å². The third kappa shape index (κ3) is 4.45. The topological polar surface area (TPSA) is 104 Å². The Morgan fingerprint density at radius 3 is 2.48 bits per heavy atom. The molecule has 9 heteroatoms. The smallest absolute Gasteiger partial charge is 0.342 e. The number of methoxy groups -OCH3 is 1. The van der Waals surface area contributed by atoms with E-state index in [9.17, 15) is 9.59 Å². The number of carbonyl (C=O) groups is 2. The molecule has 8 nitrogen and oxygen atoms in total. The van der Waals surface area contributed by atoms with Crippen molar-refractivity contribution in [1.82, 2.24) is 10.2 Å². The van der Waals surface area contributed by atoms with Gasteiger partial charge in [0.2, 0.25) is 11.8 Å². The molecule has 1 aromatic carbocycles. The molecule has 0 radical (unpaired) electrons. The van der Waals surface area contributed by atoms with Crippen LogP contribution in [0.25, 0.3) is 11.5 Å². The number of amides is 1. The highest BCUT2D eigenvalue weighted by atomic mass is 32.1. The molecule has 3 aromatic rings. The number of aryl methyl sites for hydroxylation is 1. The average molecular weight is 415 g/mol. The molecular weight excluding hydrogens is 394 g/mol. The summed E-state index contributed by atoms with van der Waals surface area (Å²) in [4.78, 5) is 25.1. The number of anilines is 1. The van der Waals surface area contributed by atoms with Crippen LogP contribution in [0.5, 0.6) is 5.75 Å². The first kappa shape index (κ1) is 20.5. The largest absolute Gasteiger partial charge is 0.497 e. The minimum Gasteiger partial charge on any atom is -0.497 e. The number of thiophene rings is 1. The van der Waals surface area contributed by atoms with Gasteiger partial charge in [-0.15, -0.1) is 21.5 Å². The fraction of sp³-hybridized carbons (Fsp3) is 0.300. The van der Waals surface area contributed by atoms with Gasteiger partial charge in [-0.1, -0.05) is 0 Å². The van der Waals surface area contributed by atoms with Gasteiger partial charge in [-0.25, -0.2) is 4.79 Å². The minimum atomic E-state index is -0.758. The Hall–Kier alpha value is -3.20. The number of nitrogens with one attached hydrogen (secondary N) is 1. The second kappa shape index (κ2) is 8.44. The normalized spacial score (nSPS) is 11.8. The molecule has 152 valence electrons. The summed E-state index contributed by atoms with van der Waals surface area (Å²) < 4.78 is 16.3. The first-order valence-electron chi connectivity index (χ1n) is 8.86. The number of rotatable bonds is 6. The molecule has 3 rings (SSSR count). The lowest BCUT2D eigenvalue weighted by atomic mass is 10.1. The zero-order chi connectivity index (χ0) is 21.1. The molecule has 1 atom stereocenters. The van der Waals surface area contributed by atoms with E-state index in [-0.39, 0.29) is 11.8 Å². The molecule has 2 heterocycles. The van der Waals surface area contributed by atoms with Crippen LogP contribution < -0.4 is 10.1 Å². The van der Waals surface area contributed by atoms with Gasteiger partial charge in [0.1, 0.15) is 10.8 Å². The van der Waals surface area contributed by atoms with Gasteiger partial charge in [-0.2, -0.15) is 0 Å². The monoisotopic (exact) mass is 415 g/mol. The molecule has 2 aromatic heterocycles. The van der Waals surface area contributed by atoms with Crippen LogP contribution in [0.2, 0.25) is 0 Å². The van der Waals surface area contributed by atoms with Gasteiger partial charge in [0.05, 0.1) is 12.7 Å². The Kier molecular flexibility index (Phi) is 5.97. The van der Waals surface area contributed by atoms with Crippen LogP contribution in [0.3, 0.4) is 0 Å². The van der Waals surface area contributed by atoms with Crippen LogP contribution in [0.1, 0.15) is 46.6 Å². The van der Waals surface area contributed by atoms with E-state index < -0.39 is 12.1 Å². The molecule has 1 amide bonds. The Morgan fingerprint density at radius 2 is 1.86 bits per heavy atom. The second-order valence-corrected chi connectivity index (χ2v) is 7.61. The number of aromatic nitrogens is 2. The molecule has 0 spiro atoms. The number of esters is 1. The van der Waals surface area contributed by atoms with Crippen LogP contribution in [0.15, 0.2) is 28.7 Å². The van der Waals surface area contributed by atoms with E-state index in [1.165, 1.54) is 18.3 Å². The lowest BCUT2D eigenvalue weighted by Gasteiger charge is -2.11. The molecule has 0 bridgehead atoms. The summed E-state index contributed by atoms with van der Waals surface area (Å²) in [6.07, 6.45) is -0.758. The molecular formula is C20H21N3O5S. The predicted molar refractivity (Wildman–Crippen MR) is 108 cm³/mol. The SMILES string of the molecule is COc1ccc(-c2nnc([C@H](C)OC(=O)c3c(NC(C)=O)sc(C)c3C)o2)cc1. The number of hydrogen-bond donors (Lipinski definition) is 1. The van der Waals surface area contributed by atoms with Crippen molar-refractivity contribution in [2.24, 2.45) is 0 Å². The standard InChI is InChI=1S/C20H21N3O5S/c1-10-12(3)29-19(21-13(4)24)16(10)20(25)27-11(2)17-22-23-18(28-17)14-6-8-15(26-5)9-7-14/h6-9,11H,1-5H3,(H,21,24)/t11-/m0/s1. The van der Waals surface area contributed by atoms with Gasteiger partial charge < -0.3 is 19.2 Å². The fourth-order valence-electron chi connectivity index (χ4n) is 2.64. The summed E-state index contributed by atoms with van der Waals surface area (Å²) in [6.45, 7) is 6.73. The maximum Gasteiger partial charge on any atom is 0.342 e. The molecule has 29 heavy (non-hydrogen) atoms. The maximum absolute atomic E-state index is 12.7. The number of hydrogen-bond acceptors (Lipinski definition) is 8. The van der Waals surface area contributed by atoms with Gasteiger partial charge in [0, 0.05) is 17.4 Å². The second-order valence-electron chi connectivity index (χ2n) is 6.39. The van der Waals surface area contributed by atoms with Crippen molar-refractivity contribution in [2.75, 3.05) is 12.4 Å². The maximum atomic E-state index is 12.7. The predicted octanol–water partition coefficient (Wildman–Crippen LogP) is 4.30.